The zero-order chi connectivity index (χ0) is 12.0. The Labute approximate surface area is 96.8 Å². The van der Waals surface area contributed by atoms with E-state index in [1.165, 1.54) is 0 Å². The van der Waals surface area contributed by atoms with Crippen LogP contribution in [0.1, 0.15) is 19.4 Å². The van der Waals surface area contributed by atoms with Crippen LogP contribution in [0.4, 0.5) is 0 Å². The molecule has 0 aromatic heterocycles. The van der Waals surface area contributed by atoms with Gasteiger partial charge in [0.05, 0.1) is 12.6 Å². The lowest BCUT2D eigenvalue weighted by Crippen LogP contribution is -2.34. The number of carbonyl (C=O) groups excluding carboxylic acids is 1. The first-order chi connectivity index (χ1) is 7.67. The number of ketones is 1. The summed E-state index contributed by atoms with van der Waals surface area (Å²) >= 11 is 0. The number of rotatable bonds is 6. The molecule has 0 amide bonds. The Balaban J connectivity index is 2.63. The van der Waals surface area contributed by atoms with Crippen LogP contribution in [0.5, 0.6) is 5.75 Å². The van der Waals surface area contributed by atoms with Gasteiger partial charge in [-0.1, -0.05) is 12.1 Å². The zero-order valence-electron chi connectivity index (χ0n) is 10.1. The van der Waals surface area contributed by atoms with Gasteiger partial charge in [-0.05, 0) is 45.0 Å². The number of carbonyl (C=O) groups is 1. The van der Waals surface area contributed by atoms with Crippen molar-refractivity contribution in [3.05, 3.63) is 29.8 Å². The van der Waals surface area contributed by atoms with Crippen molar-refractivity contribution in [1.29, 1.82) is 0 Å². The standard InChI is InChI=1S/C13H19NO2/c1-4-16-12-7-5-11(6-8-12)9-13(14-3)10(2)15/h5-8,13-14H,4,9H2,1-3H3. The van der Waals surface area contributed by atoms with Crippen molar-refractivity contribution in [3.8, 4) is 5.75 Å². The van der Waals surface area contributed by atoms with E-state index in [0.29, 0.717) is 6.61 Å². The summed E-state index contributed by atoms with van der Waals surface area (Å²) in [6.45, 7) is 4.24. The molecule has 1 aromatic carbocycles. The fraction of sp³-hybridized carbons (Fsp3) is 0.462. The molecule has 0 spiro atoms. The lowest BCUT2D eigenvalue weighted by Gasteiger charge is -2.12. The minimum absolute atomic E-state index is 0.0991. The highest BCUT2D eigenvalue weighted by atomic mass is 16.5. The highest BCUT2D eigenvalue weighted by Gasteiger charge is 2.11. The van der Waals surface area contributed by atoms with E-state index in [2.05, 4.69) is 5.32 Å². The van der Waals surface area contributed by atoms with Crippen molar-refractivity contribution in [3.63, 3.8) is 0 Å². The summed E-state index contributed by atoms with van der Waals surface area (Å²) in [5.74, 6) is 1.03. The number of likely N-dealkylation sites (N-methyl/N-ethyl adjacent to an activating group) is 1. The fourth-order valence-corrected chi connectivity index (χ4v) is 1.57. The molecule has 0 fully saturated rings. The van der Waals surface area contributed by atoms with Crippen molar-refractivity contribution in [2.75, 3.05) is 13.7 Å². The van der Waals surface area contributed by atoms with Crippen LogP contribution in [0.15, 0.2) is 24.3 Å². The van der Waals surface area contributed by atoms with Crippen LogP contribution < -0.4 is 10.1 Å². The molecule has 3 heteroatoms. The predicted molar refractivity (Wildman–Crippen MR) is 64.8 cm³/mol. The molecule has 0 heterocycles. The fourth-order valence-electron chi connectivity index (χ4n) is 1.57. The maximum atomic E-state index is 11.3. The van der Waals surface area contributed by atoms with E-state index in [4.69, 9.17) is 4.74 Å². The first kappa shape index (κ1) is 12.7. The van der Waals surface area contributed by atoms with Crippen molar-refractivity contribution in [2.24, 2.45) is 0 Å². The molecule has 3 nitrogen and oxygen atoms in total. The maximum absolute atomic E-state index is 11.3. The van der Waals surface area contributed by atoms with Crippen molar-refractivity contribution in [2.45, 2.75) is 26.3 Å². The monoisotopic (exact) mass is 221 g/mol. The summed E-state index contributed by atoms with van der Waals surface area (Å²) in [6, 6.07) is 7.77. The average Bonchev–Trinajstić information content (AvgIpc) is 2.28. The second kappa shape index (κ2) is 6.28. The molecule has 16 heavy (non-hydrogen) atoms. The maximum Gasteiger partial charge on any atom is 0.147 e. The summed E-state index contributed by atoms with van der Waals surface area (Å²) in [5.41, 5.74) is 1.14. The van der Waals surface area contributed by atoms with Gasteiger partial charge in [-0.15, -0.1) is 0 Å². The van der Waals surface area contributed by atoms with Crippen LogP contribution >= 0.6 is 0 Å². The molecule has 0 aliphatic rings. The van der Waals surface area contributed by atoms with Gasteiger partial charge in [0.25, 0.3) is 0 Å². The molecule has 0 bridgehead atoms. The lowest BCUT2D eigenvalue weighted by atomic mass is 10.0. The number of Topliss-reactive ketones (excluding diaryl/α,β-unsaturated/α-hetero) is 1. The molecular formula is C13H19NO2. The molecule has 1 atom stereocenters. The molecule has 0 aliphatic carbocycles. The predicted octanol–water partition coefficient (Wildman–Crippen LogP) is 1.80. The summed E-state index contributed by atoms with van der Waals surface area (Å²) in [4.78, 5) is 11.3. The van der Waals surface area contributed by atoms with Crippen molar-refractivity contribution in [1.82, 2.24) is 5.32 Å². The molecule has 88 valence electrons. The minimum Gasteiger partial charge on any atom is -0.494 e. The van der Waals surface area contributed by atoms with Gasteiger partial charge in [-0.3, -0.25) is 4.79 Å². The van der Waals surface area contributed by atoms with Crippen LogP contribution in [-0.2, 0) is 11.2 Å². The van der Waals surface area contributed by atoms with Crippen LogP contribution in [0, 0.1) is 0 Å². The molecule has 0 aliphatic heterocycles. The third-order valence-electron chi connectivity index (χ3n) is 2.51. The molecule has 1 unspecified atom stereocenters. The van der Waals surface area contributed by atoms with Crippen LogP contribution in [0.25, 0.3) is 0 Å². The molecule has 1 aromatic rings. The van der Waals surface area contributed by atoms with Crippen LogP contribution in [0.3, 0.4) is 0 Å². The Morgan fingerprint density at radius 3 is 2.44 bits per heavy atom. The van der Waals surface area contributed by atoms with Gasteiger partial charge in [-0.2, -0.15) is 0 Å². The van der Waals surface area contributed by atoms with Gasteiger partial charge in [0.1, 0.15) is 11.5 Å². The quantitative estimate of drug-likeness (QED) is 0.796. The van der Waals surface area contributed by atoms with Gasteiger partial charge in [0, 0.05) is 0 Å². The zero-order valence-corrected chi connectivity index (χ0v) is 10.1. The van der Waals surface area contributed by atoms with E-state index in [1.54, 1.807) is 14.0 Å². The van der Waals surface area contributed by atoms with Gasteiger partial charge < -0.3 is 10.1 Å². The summed E-state index contributed by atoms with van der Waals surface area (Å²) in [7, 11) is 1.81. The summed E-state index contributed by atoms with van der Waals surface area (Å²) in [5, 5.41) is 3.01. The Morgan fingerprint density at radius 2 is 2.00 bits per heavy atom. The first-order valence-electron chi connectivity index (χ1n) is 5.56. The number of nitrogens with one attached hydrogen (secondary N) is 1. The molecule has 0 saturated heterocycles. The number of hydrogen-bond donors (Lipinski definition) is 1. The minimum atomic E-state index is -0.0991. The van der Waals surface area contributed by atoms with Crippen molar-refractivity contribution >= 4 is 5.78 Å². The SMILES string of the molecule is CCOc1ccc(CC(NC)C(C)=O)cc1. The van der Waals surface area contributed by atoms with E-state index in [9.17, 15) is 4.79 Å². The Kier molecular flexibility index (Phi) is 4.99. The van der Waals surface area contributed by atoms with Gasteiger partial charge in [0.2, 0.25) is 0 Å². The van der Waals surface area contributed by atoms with E-state index in [-0.39, 0.29) is 11.8 Å². The second-order valence-corrected chi connectivity index (χ2v) is 3.73. The highest BCUT2D eigenvalue weighted by molar-refractivity contribution is 5.81. The highest BCUT2D eigenvalue weighted by Crippen LogP contribution is 2.13. The van der Waals surface area contributed by atoms with Gasteiger partial charge in [0.15, 0.2) is 0 Å². The summed E-state index contributed by atoms with van der Waals surface area (Å²) < 4.78 is 5.36. The lowest BCUT2D eigenvalue weighted by molar-refractivity contribution is -0.118. The molecular weight excluding hydrogens is 202 g/mol. The number of benzene rings is 1. The molecule has 1 N–H and O–H groups in total. The third-order valence-corrected chi connectivity index (χ3v) is 2.51. The van der Waals surface area contributed by atoms with Crippen LogP contribution in [0.2, 0.25) is 0 Å². The Morgan fingerprint density at radius 1 is 1.38 bits per heavy atom. The molecule has 0 saturated carbocycles. The van der Waals surface area contributed by atoms with Crippen LogP contribution in [-0.4, -0.2) is 25.5 Å². The number of ether oxygens (including phenoxy) is 1. The molecule has 1 rings (SSSR count). The summed E-state index contributed by atoms with van der Waals surface area (Å²) in [6.07, 6.45) is 0.720. The largest absolute Gasteiger partial charge is 0.494 e. The average molecular weight is 221 g/mol. The van der Waals surface area contributed by atoms with Crippen molar-refractivity contribution < 1.29 is 9.53 Å². The molecule has 0 radical (unpaired) electrons. The smallest absolute Gasteiger partial charge is 0.147 e. The van der Waals surface area contributed by atoms with Gasteiger partial charge in [-0.25, -0.2) is 0 Å². The number of hydrogen-bond acceptors (Lipinski definition) is 3. The Bertz CT molecular complexity index is 332. The van der Waals surface area contributed by atoms with E-state index >= 15 is 0 Å². The third kappa shape index (κ3) is 3.66. The second-order valence-electron chi connectivity index (χ2n) is 3.73. The van der Waals surface area contributed by atoms with Gasteiger partial charge >= 0.3 is 0 Å². The Hall–Kier alpha value is -1.35. The van der Waals surface area contributed by atoms with E-state index in [1.807, 2.05) is 31.2 Å². The normalized spacial score (nSPS) is 12.2. The first-order valence-corrected chi connectivity index (χ1v) is 5.56. The van der Waals surface area contributed by atoms with E-state index < -0.39 is 0 Å². The topological polar surface area (TPSA) is 38.3 Å². The van der Waals surface area contributed by atoms with E-state index in [0.717, 1.165) is 17.7 Å².